The molecule has 0 bridgehead atoms. The minimum atomic E-state index is -0.498. The van der Waals surface area contributed by atoms with Crippen LogP contribution in [-0.4, -0.2) is 17.7 Å². The normalized spacial score (nSPS) is 14.2. The lowest BCUT2D eigenvalue weighted by Crippen LogP contribution is -2.42. The maximum absolute atomic E-state index is 10.3. The van der Waals surface area contributed by atoms with E-state index in [1.54, 1.807) is 11.3 Å². The number of aliphatic hydroxyl groups is 1. The Bertz CT molecular complexity index is 489. The molecule has 2 nitrogen and oxygen atoms in total. The Morgan fingerprint density at radius 1 is 1.31 bits per heavy atom. The molecule has 0 saturated carbocycles. The fourth-order valence-electron chi connectivity index (χ4n) is 1.71. The molecule has 3 heteroatoms. The van der Waals surface area contributed by atoms with Gasteiger partial charge >= 0.3 is 0 Å². The van der Waals surface area contributed by atoms with Crippen LogP contribution in [0.1, 0.15) is 25.5 Å². The number of thiophene rings is 1. The summed E-state index contributed by atoms with van der Waals surface area (Å²) in [4.78, 5) is 0. The lowest BCUT2D eigenvalue weighted by molar-refractivity contribution is 0.0856. The van der Waals surface area contributed by atoms with Gasteiger partial charge in [0.2, 0.25) is 0 Å². The summed E-state index contributed by atoms with van der Waals surface area (Å²) in [6.45, 7) is 3.99. The van der Waals surface area contributed by atoms with Crippen LogP contribution in [0.2, 0.25) is 0 Å². The number of aliphatic hydroxyl groups excluding tert-OH is 1. The van der Waals surface area contributed by atoms with Crippen LogP contribution >= 0.6 is 11.3 Å². The largest absolute Gasteiger partial charge is 0.387 e. The van der Waals surface area contributed by atoms with Gasteiger partial charge in [0.05, 0.1) is 6.10 Å². The maximum atomic E-state index is 10.3. The minimum absolute atomic E-state index is 0.316. The van der Waals surface area contributed by atoms with Gasteiger partial charge in [-0.3, -0.25) is 0 Å². The van der Waals surface area contributed by atoms with Crippen LogP contribution in [0.4, 0.5) is 0 Å². The number of likely N-dealkylation sites (N-methyl/N-ethyl adjacent to an activating group) is 1. The highest BCUT2D eigenvalue weighted by molar-refractivity contribution is 7.17. The highest BCUT2D eigenvalue weighted by atomic mass is 32.1. The molecule has 16 heavy (non-hydrogen) atoms. The molecule has 0 spiro atoms. The molecule has 1 atom stereocenters. The molecular weight excluding hydrogens is 218 g/mol. The molecule has 1 heterocycles. The Morgan fingerprint density at radius 3 is 2.75 bits per heavy atom. The van der Waals surface area contributed by atoms with Crippen LogP contribution in [0.3, 0.4) is 0 Å². The number of hydrogen-bond acceptors (Lipinski definition) is 3. The summed E-state index contributed by atoms with van der Waals surface area (Å²) >= 11 is 1.72. The van der Waals surface area contributed by atoms with Gasteiger partial charge in [-0.25, -0.2) is 0 Å². The van der Waals surface area contributed by atoms with E-state index in [2.05, 4.69) is 28.9 Å². The van der Waals surface area contributed by atoms with E-state index in [0.29, 0.717) is 0 Å². The SMILES string of the molecule is CNC(C)(C)C(O)c1ccc2sccc2c1. The Hall–Kier alpha value is -0.900. The number of nitrogens with one attached hydrogen (secondary N) is 1. The Kier molecular flexibility index (Phi) is 3.02. The Balaban J connectivity index is 2.39. The molecule has 2 N–H and O–H groups in total. The van der Waals surface area contributed by atoms with Gasteiger partial charge in [0.1, 0.15) is 0 Å². The van der Waals surface area contributed by atoms with E-state index in [0.717, 1.165) is 5.56 Å². The molecule has 1 aromatic carbocycles. The van der Waals surface area contributed by atoms with Crippen molar-refractivity contribution < 1.29 is 5.11 Å². The molecule has 0 aliphatic rings. The second-order valence-electron chi connectivity index (χ2n) is 4.59. The van der Waals surface area contributed by atoms with Gasteiger partial charge in [0, 0.05) is 10.2 Å². The van der Waals surface area contributed by atoms with Gasteiger partial charge in [-0.15, -0.1) is 11.3 Å². The average molecular weight is 235 g/mol. The van der Waals surface area contributed by atoms with Crippen LogP contribution in [0.25, 0.3) is 10.1 Å². The van der Waals surface area contributed by atoms with Gasteiger partial charge in [0.25, 0.3) is 0 Å². The third kappa shape index (κ3) is 1.98. The first-order chi connectivity index (χ1) is 7.54. The first-order valence-corrected chi connectivity index (χ1v) is 6.27. The summed E-state index contributed by atoms with van der Waals surface area (Å²) in [6, 6.07) is 8.23. The fraction of sp³-hybridized carbons (Fsp3) is 0.385. The molecule has 0 fully saturated rings. The molecule has 0 aliphatic carbocycles. The number of fused-ring (bicyclic) bond motifs is 1. The van der Waals surface area contributed by atoms with E-state index >= 15 is 0 Å². The van der Waals surface area contributed by atoms with Crippen molar-refractivity contribution in [2.45, 2.75) is 25.5 Å². The fourth-order valence-corrected chi connectivity index (χ4v) is 2.48. The highest BCUT2D eigenvalue weighted by Gasteiger charge is 2.27. The number of rotatable bonds is 3. The van der Waals surface area contributed by atoms with E-state index in [1.165, 1.54) is 10.1 Å². The monoisotopic (exact) mass is 235 g/mol. The van der Waals surface area contributed by atoms with Crippen molar-refractivity contribution in [2.75, 3.05) is 7.05 Å². The van der Waals surface area contributed by atoms with Crippen molar-refractivity contribution in [1.29, 1.82) is 0 Å². The average Bonchev–Trinajstić information content (AvgIpc) is 2.74. The summed E-state index contributed by atoms with van der Waals surface area (Å²) < 4.78 is 1.26. The quantitative estimate of drug-likeness (QED) is 0.857. The second-order valence-corrected chi connectivity index (χ2v) is 5.54. The predicted molar refractivity (Wildman–Crippen MR) is 69.9 cm³/mol. The van der Waals surface area contributed by atoms with Crippen molar-refractivity contribution in [3.05, 3.63) is 35.2 Å². The van der Waals surface area contributed by atoms with Crippen LogP contribution in [0.5, 0.6) is 0 Å². The summed E-state index contributed by atoms with van der Waals surface area (Å²) in [6.07, 6.45) is -0.498. The number of benzene rings is 1. The molecular formula is C13H17NOS. The minimum Gasteiger partial charge on any atom is -0.387 e. The summed E-state index contributed by atoms with van der Waals surface area (Å²) in [5.41, 5.74) is 0.647. The van der Waals surface area contributed by atoms with Crippen LogP contribution in [-0.2, 0) is 0 Å². The molecule has 0 radical (unpaired) electrons. The predicted octanol–water partition coefficient (Wildman–Crippen LogP) is 2.93. The zero-order chi connectivity index (χ0) is 11.8. The zero-order valence-electron chi connectivity index (χ0n) is 9.82. The zero-order valence-corrected chi connectivity index (χ0v) is 10.6. The molecule has 1 unspecified atom stereocenters. The summed E-state index contributed by atoms with van der Waals surface area (Å²) in [5, 5.41) is 16.7. The molecule has 2 rings (SSSR count). The second kappa shape index (κ2) is 4.17. The lowest BCUT2D eigenvalue weighted by atomic mass is 9.91. The van der Waals surface area contributed by atoms with Crippen molar-refractivity contribution >= 4 is 21.4 Å². The smallest absolute Gasteiger partial charge is 0.0966 e. The third-order valence-electron chi connectivity index (χ3n) is 3.12. The molecule has 0 saturated heterocycles. The third-order valence-corrected chi connectivity index (χ3v) is 4.02. The van der Waals surface area contributed by atoms with Crippen LogP contribution in [0, 0.1) is 0 Å². The number of hydrogen-bond donors (Lipinski definition) is 2. The van der Waals surface area contributed by atoms with Crippen molar-refractivity contribution in [3.8, 4) is 0 Å². The van der Waals surface area contributed by atoms with Gasteiger partial charge in [-0.2, -0.15) is 0 Å². The Morgan fingerprint density at radius 2 is 2.06 bits per heavy atom. The standard InChI is InChI=1S/C13H17NOS/c1-13(2,14-3)12(15)10-4-5-11-9(8-10)6-7-16-11/h4-8,12,14-15H,1-3H3. The van der Waals surface area contributed by atoms with Crippen LogP contribution in [0.15, 0.2) is 29.6 Å². The van der Waals surface area contributed by atoms with E-state index in [4.69, 9.17) is 0 Å². The maximum Gasteiger partial charge on any atom is 0.0966 e. The van der Waals surface area contributed by atoms with Gasteiger partial charge < -0.3 is 10.4 Å². The Labute approximate surface area is 99.9 Å². The van der Waals surface area contributed by atoms with E-state index in [1.807, 2.05) is 27.0 Å². The van der Waals surface area contributed by atoms with Gasteiger partial charge in [0.15, 0.2) is 0 Å². The summed E-state index contributed by atoms with van der Waals surface area (Å²) in [7, 11) is 1.87. The van der Waals surface area contributed by atoms with Crippen LogP contribution < -0.4 is 5.32 Å². The van der Waals surface area contributed by atoms with Crippen molar-refractivity contribution in [3.63, 3.8) is 0 Å². The van der Waals surface area contributed by atoms with E-state index < -0.39 is 6.10 Å². The molecule has 0 aliphatic heterocycles. The molecule has 1 aromatic heterocycles. The van der Waals surface area contributed by atoms with Crippen molar-refractivity contribution in [1.82, 2.24) is 5.32 Å². The van der Waals surface area contributed by atoms with E-state index in [-0.39, 0.29) is 5.54 Å². The summed E-state index contributed by atoms with van der Waals surface area (Å²) in [5.74, 6) is 0. The lowest BCUT2D eigenvalue weighted by Gasteiger charge is -2.30. The topological polar surface area (TPSA) is 32.3 Å². The first-order valence-electron chi connectivity index (χ1n) is 5.39. The molecule has 0 amide bonds. The van der Waals surface area contributed by atoms with E-state index in [9.17, 15) is 5.11 Å². The molecule has 2 aromatic rings. The van der Waals surface area contributed by atoms with Crippen molar-refractivity contribution in [2.24, 2.45) is 0 Å². The highest BCUT2D eigenvalue weighted by Crippen LogP contribution is 2.29. The van der Waals surface area contributed by atoms with Gasteiger partial charge in [-0.05, 0) is 55.4 Å². The molecule has 86 valence electrons. The first kappa shape index (κ1) is 11.6. The van der Waals surface area contributed by atoms with Gasteiger partial charge in [-0.1, -0.05) is 6.07 Å².